The monoisotopic (exact) mass is 2170 g/mol. The molecule has 0 aliphatic carbocycles. The number of methoxy groups -OCH3 is 2. The molecule has 5 N–H and O–H groups in total. The van der Waals surface area contributed by atoms with Crippen molar-refractivity contribution >= 4 is 161 Å². The summed E-state index contributed by atoms with van der Waals surface area (Å²) >= 11 is 50.2. The Balaban J connectivity index is 0.000000137. The van der Waals surface area contributed by atoms with Crippen LogP contribution in [0.2, 0.25) is 40.2 Å². The highest BCUT2D eigenvalue weighted by molar-refractivity contribution is 6.35. The van der Waals surface area contributed by atoms with Crippen LogP contribution in [0.3, 0.4) is 0 Å². The van der Waals surface area contributed by atoms with Crippen LogP contribution in [-0.2, 0) is 112 Å². The van der Waals surface area contributed by atoms with E-state index in [1.165, 1.54) is 27.9 Å². The van der Waals surface area contributed by atoms with Gasteiger partial charge in [0.05, 0.1) is 158 Å². The molecule has 0 radical (unpaired) electrons. The number of imidazole rings is 4. The van der Waals surface area contributed by atoms with E-state index in [0.29, 0.717) is 173 Å². The van der Waals surface area contributed by atoms with Gasteiger partial charge in [0.2, 0.25) is 5.91 Å². The smallest absolute Gasteiger partial charge is 0.333 e. The summed E-state index contributed by atoms with van der Waals surface area (Å²) in [5, 5.41) is 21.5. The molecule has 4 fully saturated rings. The van der Waals surface area contributed by atoms with Crippen LogP contribution in [0.5, 0.6) is 0 Å². The predicted molar refractivity (Wildman–Crippen MR) is 547 cm³/mol. The molecular formula is C98H87Cl8N17O24. The van der Waals surface area contributed by atoms with E-state index < -0.39 is 113 Å². The second-order valence-electron chi connectivity index (χ2n) is 32.8. The van der Waals surface area contributed by atoms with Crippen molar-refractivity contribution in [2.75, 3.05) is 100 Å². The number of H-pyrrole nitrogens is 1. The van der Waals surface area contributed by atoms with E-state index in [1.807, 2.05) is 0 Å². The number of ether oxygens (including phenoxy) is 10. The Labute approximate surface area is 869 Å². The first-order chi connectivity index (χ1) is 70.9. The summed E-state index contributed by atoms with van der Waals surface area (Å²) in [6.07, 6.45) is -1.48. The van der Waals surface area contributed by atoms with Crippen molar-refractivity contribution in [1.82, 2.24) is 75.2 Å². The molecule has 8 aromatic heterocycles. The summed E-state index contributed by atoms with van der Waals surface area (Å²) < 4.78 is 66.3. The fourth-order valence-electron chi connectivity index (χ4n) is 16.4. The number of hydrogen-bond acceptors (Lipinski definition) is 27. The minimum absolute atomic E-state index is 0.00876. The lowest BCUT2D eigenvalue weighted by Crippen LogP contribution is -2.45. The number of nitrogens with one attached hydrogen (secondary N) is 1. The SMILES string of the molecule is COC(=O)Cn1c(=O)[nH]c2nc(-c3ccccc3Cl)n(-c3ccc(Cl)cc3)c2c1=O.COC(=O)Cn1c(=O)c2c(nc(-c3ccccc3Cl)n2-c2ccc(Cl)cc2)n(CC2COCCO2)c1=O.NC(=O)Cn1c(=O)c2c(nc(-c3ccccc3Cl)n2-c2ccc(Cl)cc2)n(CC2COCCO2)c1=O.O=C(O)Cn1c(=O)c2c(nc(-c3ccccc3Cl)n2-c2ccc(Cl)cc2)n(CC2COCCO2)c1=O.OCC1COCCO1. The average molecular weight is 2170 g/mol. The molecule has 764 valence electrons. The fourth-order valence-corrected chi connectivity index (χ4v) is 17.8. The minimum Gasteiger partial charge on any atom is -0.480 e. The van der Waals surface area contributed by atoms with Gasteiger partial charge in [-0.3, -0.25) is 75.3 Å². The van der Waals surface area contributed by atoms with Gasteiger partial charge in [-0.15, -0.1) is 0 Å². The Kier molecular flexibility index (Phi) is 34.5. The number of carboxylic acid groups (broad SMARTS) is 1. The quantitative estimate of drug-likeness (QED) is 0.0432. The van der Waals surface area contributed by atoms with E-state index in [1.54, 1.807) is 212 Å². The van der Waals surface area contributed by atoms with Gasteiger partial charge in [0.25, 0.3) is 22.2 Å². The normalized spacial score (nSPS) is 15.6. The van der Waals surface area contributed by atoms with E-state index in [0.717, 1.165) is 13.7 Å². The standard InChI is InChI=1S/C25H22Cl2N4O6.C24H21Cl2N5O5.C24H20Cl2N4O6.C20H14Cl2N4O4.C5H10O3/c1-35-20(32)13-30-24(33)21-23(29(25(30)34)12-17-14-36-10-11-37-17)28-22(18-4-2-3-5-19(18)27)31(21)16-8-6-15(26)7-9-16;25-14-5-7-15(8-6-14)31-20-22(28-21(31)17-3-1-2-4-18(17)26)29(11-16-13-35-9-10-36-16)24(34)30(23(20)33)12-19(27)32;25-14-5-7-15(8-6-14)30-20-22(27-21(30)17-3-1-2-4-18(17)26)28(11-16-13-35-9-10-36-16)24(34)29(23(20)33)12-19(31)32;1-30-15(27)10-25-19(28)16-17(24-20(25)29)23-18(13-4-2-3-5-14(13)22)26(16)12-8-6-11(21)7-9-12;6-3-5-4-7-1-2-8-5/h2-9,17H,10-14H2,1H3;1-8,16H,9-13H2,(H2,27,32);1-8,16H,9-13H2,(H,31,32);2-9H,10H2,1H3,(H,24,29);5-6H,1-4H2. The number of amides is 1. The summed E-state index contributed by atoms with van der Waals surface area (Å²) in [6, 6.07) is 55.0. The number of carboxylic acids is 1. The summed E-state index contributed by atoms with van der Waals surface area (Å²) in [4.78, 5) is 176. The molecule has 41 nitrogen and oxygen atoms in total. The van der Waals surface area contributed by atoms with Gasteiger partial charge in [-0.05, 0) is 146 Å². The van der Waals surface area contributed by atoms with Crippen LogP contribution in [0.4, 0.5) is 0 Å². The predicted octanol–water partition coefficient (Wildman–Crippen LogP) is 10.4. The minimum atomic E-state index is -1.33. The van der Waals surface area contributed by atoms with E-state index in [4.69, 9.17) is 161 Å². The molecule has 8 aromatic carbocycles. The van der Waals surface area contributed by atoms with Crippen molar-refractivity contribution in [2.45, 2.75) is 70.2 Å². The number of aromatic nitrogens is 16. The Bertz CT molecular complexity index is 7920. The number of nitrogens with two attached hydrogens (primary N) is 1. The van der Waals surface area contributed by atoms with E-state index in [9.17, 15) is 62.6 Å². The van der Waals surface area contributed by atoms with Crippen molar-refractivity contribution in [2.24, 2.45) is 5.73 Å². The summed E-state index contributed by atoms with van der Waals surface area (Å²) in [5.41, 5.74) is 4.45. The molecule has 0 spiro atoms. The molecule has 0 saturated carbocycles. The fraction of sp³-hybridized carbons (Fsp3) is 0.265. The number of fused-ring (bicyclic) bond motifs is 4. The summed E-state index contributed by atoms with van der Waals surface area (Å²) in [7, 11) is 2.36. The van der Waals surface area contributed by atoms with Gasteiger partial charge in [-0.25, -0.2) is 57.4 Å². The number of aliphatic hydroxyl groups excluding tert-OH is 1. The number of hydrogen-bond donors (Lipinski definition) is 4. The molecule has 4 aliphatic heterocycles. The van der Waals surface area contributed by atoms with Crippen LogP contribution < -0.4 is 50.7 Å². The zero-order valence-corrected chi connectivity index (χ0v) is 83.7. The number of aliphatic carboxylic acids is 1. The molecule has 4 atom stereocenters. The van der Waals surface area contributed by atoms with E-state index >= 15 is 0 Å². The zero-order valence-electron chi connectivity index (χ0n) is 77.6. The number of benzene rings is 8. The highest BCUT2D eigenvalue weighted by atomic mass is 35.5. The zero-order chi connectivity index (χ0) is 104. The number of nitrogens with zero attached hydrogens (tertiary/aromatic N) is 15. The van der Waals surface area contributed by atoms with Crippen molar-refractivity contribution in [3.63, 3.8) is 0 Å². The maximum Gasteiger partial charge on any atom is 0.333 e. The summed E-state index contributed by atoms with van der Waals surface area (Å²) in [5.74, 6) is -2.32. The van der Waals surface area contributed by atoms with Crippen molar-refractivity contribution in [3.8, 4) is 68.3 Å². The molecular weight excluding hydrogens is 2080 g/mol. The number of aliphatic hydroxyl groups is 1. The number of esters is 2. The number of carbonyl (C=O) groups excluding carboxylic acids is 3. The van der Waals surface area contributed by atoms with Gasteiger partial charge in [0, 0.05) is 65.1 Å². The van der Waals surface area contributed by atoms with Crippen LogP contribution in [0.15, 0.2) is 232 Å². The second-order valence-corrected chi connectivity index (χ2v) is 36.1. The van der Waals surface area contributed by atoms with Crippen molar-refractivity contribution in [1.29, 1.82) is 0 Å². The maximum atomic E-state index is 13.8. The van der Waals surface area contributed by atoms with Crippen molar-refractivity contribution in [3.05, 3.63) is 318 Å². The van der Waals surface area contributed by atoms with Crippen molar-refractivity contribution < 1.29 is 76.8 Å². The highest BCUT2D eigenvalue weighted by Crippen LogP contribution is 2.38. The molecule has 12 heterocycles. The number of halogens is 8. The van der Waals surface area contributed by atoms with Gasteiger partial charge in [-0.1, -0.05) is 141 Å². The molecule has 4 saturated heterocycles. The second kappa shape index (κ2) is 47.8. The van der Waals surface area contributed by atoms with Crippen LogP contribution in [0.25, 0.3) is 113 Å². The number of carbonyl (C=O) groups is 4. The van der Waals surface area contributed by atoms with Gasteiger partial charge in [-0.2, -0.15) is 0 Å². The van der Waals surface area contributed by atoms with Crippen LogP contribution in [0.1, 0.15) is 0 Å². The summed E-state index contributed by atoms with van der Waals surface area (Å²) in [6.45, 7) is 2.66. The number of aromatic amines is 1. The van der Waals surface area contributed by atoms with Crippen LogP contribution in [-0.4, -0.2) is 234 Å². The molecule has 147 heavy (non-hydrogen) atoms. The topological polar surface area (TPSA) is 485 Å². The first kappa shape index (κ1) is 106. The first-order valence-corrected chi connectivity index (χ1v) is 48.0. The molecule has 1 amide bonds. The lowest BCUT2D eigenvalue weighted by molar-refractivity contribution is -0.142. The maximum absolute atomic E-state index is 13.8. The third-order valence-electron chi connectivity index (χ3n) is 23.2. The molecule has 4 aliphatic rings. The first-order valence-electron chi connectivity index (χ1n) is 45.0. The molecule has 0 bridgehead atoms. The van der Waals surface area contributed by atoms with Gasteiger partial charge < -0.3 is 63.3 Å². The van der Waals surface area contributed by atoms with E-state index in [-0.39, 0.29) is 96.8 Å². The Hall–Kier alpha value is -13.8. The average Bonchev–Trinajstić information content (AvgIpc) is 1.47. The Morgan fingerprint density at radius 2 is 0.626 bits per heavy atom. The third-order valence-corrected chi connectivity index (χ3v) is 25.5. The van der Waals surface area contributed by atoms with Gasteiger partial charge in [0.1, 0.15) is 55.6 Å². The molecule has 49 heteroatoms. The van der Waals surface area contributed by atoms with E-state index in [2.05, 4.69) is 14.7 Å². The molecule has 16 aromatic rings. The Morgan fingerprint density at radius 1 is 0.354 bits per heavy atom. The number of rotatable bonds is 23. The van der Waals surface area contributed by atoms with Crippen LogP contribution in [0, 0.1) is 0 Å². The highest BCUT2D eigenvalue weighted by Gasteiger charge is 2.34. The van der Waals surface area contributed by atoms with Gasteiger partial charge >= 0.3 is 40.7 Å². The third kappa shape index (κ3) is 23.6. The molecule has 20 rings (SSSR count). The van der Waals surface area contributed by atoms with Gasteiger partial charge in [0.15, 0.2) is 44.7 Å². The number of primary amides is 1. The molecule has 4 unspecified atom stereocenters. The largest absolute Gasteiger partial charge is 0.480 e. The lowest BCUT2D eigenvalue weighted by Gasteiger charge is -2.24. The van der Waals surface area contributed by atoms with Crippen LogP contribution >= 0.6 is 92.8 Å². The lowest BCUT2D eigenvalue weighted by atomic mass is 10.2. The Morgan fingerprint density at radius 3 is 0.898 bits per heavy atom.